The Morgan fingerprint density at radius 2 is 2.20 bits per heavy atom. The molecule has 0 amide bonds. The van der Waals surface area contributed by atoms with Gasteiger partial charge in [0.15, 0.2) is 0 Å². The van der Waals surface area contributed by atoms with Gasteiger partial charge in [-0.2, -0.15) is 0 Å². The molecule has 0 atom stereocenters. The van der Waals surface area contributed by atoms with Crippen LogP contribution in [0.1, 0.15) is 6.92 Å². The van der Waals surface area contributed by atoms with Crippen LogP contribution in [0.5, 0.6) is 0 Å². The minimum atomic E-state index is -0.136. The van der Waals surface area contributed by atoms with Gasteiger partial charge >= 0.3 is 73.4 Å². The molecule has 2 heteroatoms. The molecule has 0 saturated carbocycles. The summed E-state index contributed by atoms with van der Waals surface area (Å²) < 4.78 is 1.95. The number of rotatable bonds is 3. The molecule has 0 spiro atoms. The fraction of sp³-hybridized carbons (Fsp3) is 0.125. The van der Waals surface area contributed by atoms with Gasteiger partial charge in [-0.25, -0.2) is 0 Å². The molecule has 0 heterocycles. The maximum atomic E-state index is 5.53. The molecule has 0 N–H and O–H groups in total. The Morgan fingerprint density at radius 3 is 2.70 bits per heavy atom. The minimum absolute atomic E-state index is 0.136. The fourth-order valence-corrected chi connectivity index (χ4v) is 1.37. The van der Waals surface area contributed by atoms with E-state index in [0.717, 1.165) is 5.57 Å². The van der Waals surface area contributed by atoms with Crippen molar-refractivity contribution in [1.29, 1.82) is 0 Å². The summed E-state index contributed by atoms with van der Waals surface area (Å²) in [6.45, 7) is 5.75. The molecule has 57 valence electrons. The first-order chi connectivity index (χ1) is 4.81. The average molecular weight is 243 g/mol. The van der Waals surface area contributed by atoms with E-state index in [9.17, 15) is 0 Å². The third-order valence-corrected chi connectivity index (χ3v) is 2.07. The molecule has 0 fully saturated rings. The van der Waals surface area contributed by atoms with Crippen molar-refractivity contribution in [2.45, 2.75) is 6.92 Å². The second-order valence-electron chi connectivity index (χ2n) is 1.64. The summed E-state index contributed by atoms with van der Waals surface area (Å²) in [5.41, 5.74) is 0.992. The van der Waals surface area contributed by atoms with Crippen LogP contribution >= 0.6 is 9.69 Å². The maximum absolute atomic E-state index is 5.53. The van der Waals surface area contributed by atoms with E-state index in [4.69, 9.17) is 9.69 Å². The van der Waals surface area contributed by atoms with Gasteiger partial charge in [-0.05, 0) is 0 Å². The zero-order chi connectivity index (χ0) is 7.82. The van der Waals surface area contributed by atoms with Crippen LogP contribution in [0, 0.1) is 0 Å². The van der Waals surface area contributed by atoms with Gasteiger partial charge in [0.05, 0.1) is 0 Å². The summed E-state index contributed by atoms with van der Waals surface area (Å²) >= 11 is -0.136. The standard InChI is InChI=1S/C8H10.ClH.Ru/c1-4-5-6-7-8(2)3;;/h2,4-7H,3H2,1H3;1H;/q;;+1/p-1/b5-4-,7-6-;;. The summed E-state index contributed by atoms with van der Waals surface area (Å²) in [7, 11) is 5.53. The molecule has 0 saturated heterocycles. The quantitative estimate of drug-likeness (QED) is 0.527. The van der Waals surface area contributed by atoms with Crippen molar-refractivity contribution in [3.63, 3.8) is 0 Å². The topological polar surface area (TPSA) is 0 Å². The molecular formula is C8H10ClRu. The fourth-order valence-electron chi connectivity index (χ4n) is 0.374. The first kappa shape index (κ1) is 10.0. The van der Waals surface area contributed by atoms with Gasteiger partial charge in [-0.15, -0.1) is 0 Å². The van der Waals surface area contributed by atoms with Crippen molar-refractivity contribution in [1.82, 2.24) is 0 Å². The summed E-state index contributed by atoms with van der Waals surface area (Å²) in [5.74, 6) is 0. The Bertz CT molecular complexity index is 178. The van der Waals surface area contributed by atoms with Crippen LogP contribution in [-0.4, -0.2) is 4.61 Å². The van der Waals surface area contributed by atoms with Crippen LogP contribution in [0.3, 0.4) is 0 Å². The van der Waals surface area contributed by atoms with Gasteiger partial charge in [0.2, 0.25) is 0 Å². The van der Waals surface area contributed by atoms with E-state index in [-0.39, 0.29) is 15.7 Å². The monoisotopic (exact) mass is 243 g/mol. The molecule has 0 aliphatic heterocycles. The van der Waals surface area contributed by atoms with Gasteiger partial charge in [0.25, 0.3) is 0 Å². The molecule has 0 aliphatic carbocycles. The molecule has 0 unspecified atom stereocenters. The van der Waals surface area contributed by atoms with Crippen LogP contribution in [0.15, 0.2) is 36.5 Å². The van der Waals surface area contributed by atoms with Crippen LogP contribution in [0.4, 0.5) is 0 Å². The summed E-state index contributed by atoms with van der Waals surface area (Å²) in [6.07, 6.45) is 7.82. The second kappa shape index (κ2) is 7.11. The average Bonchev–Trinajstić information content (AvgIpc) is 1.89. The first-order valence-electron chi connectivity index (χ1n) is 2.85. The van der Waals surface area contributed by atoms with E-state index in [1.165, 1.54) is 0 Å². The molecule has 10 heavy (non-hydrogen) atoms. The molecule has 0 bridgehead atoms. The molecule has 0 aromatic heterocycles. The van der Waals surface area contributed by atoms with Gasteiger partial charge in [0, 0.05) is 0 Å². The Hall–Kier alpha value is 0.00338. The van der Waals surface area contributed by atoms with Crippen molar-refractivity contribution in [2.24, 2.45) is 0 Å². The zero-order valence-corrected chi connectivity index (χ0v) is 8.32. The van der Waals surface area contributed by atoms with Crippen molar-refractivity contribution in [3.05, 3.63) is 36.5 Å². The van der Waals surface area contributed by atoms with E-state index in [0.29, 0.717) is 0 Å². The molecule has 0 radical (unpaired) electrons. The number of allylic oxidation sites excluding steroid dienone is 5. The van der Waals surface area contributed by atoms with Crippen LogP contribution in [0.25, 0.3) is 0 Å². The van der Waals surface area contributed by atoms with E-state index >= 15 is 0 Å². The van der Waals surface area contributed by atoms with E-state index in [1.54, 1.807) is 0 Å². The third kappa shape index (κ3) is 6.13. The van der Waals surface area contributed by atoms with Gasteiger partial charge in [-0.3, -0.25) is 0 Å². The number of hydrogen-bond donors (Lipinski definition) is 0. The van der Waals surface area contributed by atoms with Crippen LogP contribution in [-0.2, 0) is 15.7 Å². The molecule has 0 aliphatic rings. The van der Waals surface area contributed by atoms with Crippen molar-refractivity contribution < 1.29 is 15.7 Å². The molecule has 0 nitrogen and oxygen atoms in total. The summed E-state index contributed by atoms with van der Waals surface area (Å²) in [4.78, 5) is 0. The van der Waals surface area contributed by atoms with E-state index < -0.39 is 0 Å². The molecular weight excluding hydrogens is 233 g/mol. The Kier molecular flexibility index (Phi) is 7.12. The Morgan fingerprint density at radius 1 is 1.50 bits per heavy atom. The SMILES string of the molecule is C=C([CH]=[Ru][Cl])/C=C\C=C/C. The number of hydrogen-bond acceptors (Lipinski definition) is 0. The van der Waals surface area contributed by atoms with Gasteiger partial charge < -0.3 is 0 Å². The molecule has 0 aromatic carbocycles. The van der Waals surface area contributed by atoms with Crippen molar-refractivity contribution in [3.8, 4) is 0 Å². The molecule has 0 aromatic rings. The van der Waals surface area contributed by atoms with E-state index in [2.05, 4.69) is 6.58 Å². The van der Waals surface area contributed by atoms with Crippen molar-refractivity contribution in [2.75, 3.05) is 0 Å². The summed E-state index contributed by atoms with van der Waals surface area (Å²) in [6, 6.07) is 0. The predicted octanol–water partition coefficient (Wildman–Crippen LogP) is 2.71. The van der Waals surface area contributed by atoms with Crippen LogP contribution < -0.4 is 0 Å². The van der Waals surface area contributed by atoms with E-state index in [1.807, 2.05) is 35.8 Å². The predicted molar refractivity (Wildman–Crippen MR) is 45.0 cm³/mol. The first-order valence-corrected chi connectivity index (χ1v) is 6.09. The Balaban J connectivity index is 3.78. The Labute approximate surface area is 73.4 Å². The van der Waals surface area contributed by atoms with Crippen molar-refractivity contribution >= 4 is 14.3 Å². The third-order valence-electron chi connectivity index (χ3n) is 0.784. The molecule has 0 rings (SSSR count). The zero-order valence-electron chi connectivity index (χ0n) is 5.83. The van der Waals surface area contributed by atoms with Crippen LogP contribution in [0.2, 0.25) is 0 Å². The number of halogens is 1. The van der Waals surface area contributed by atoms with Gasteiger partial charge in [0.1, 0.15) is 0 Å². The second-order valence-corrected chi connectivity index (χ2v) is 3.43. The van der Waals surface area contributed by atoms with Gasteiger partial charge in [-0.1, -0.05) is 0 Å². The summed E-state index contributed by atoms with van der Waals surface area (Å²) in [5, 5.41) is 0. The normalized spacial score (nSPS) is 13.0.